The average molecular weight is 283 g/mol. The van der Waals surface area contributed by atoms with Crippen LogP contribution in [-0.4, -0.2) is 16.9 Å². The number of nitrogens with zero attached hydrogens (tertiary/aromatic N) is 1. The highest BCUT2D eigenvalue weighted by Crippen LogP contribution is 2.35. The van der Waals surface area contributed by atoms with Gasteiger partial charge in [0.25, 0.3) is 11.6 Å². The van der Waals surface area contributed by atoms with Crippen LogP contribution in [-0.2, 0) is 0 Å². The normalized spacial score (nSPS) is 20.9. The van der Waals surface area contributed by atoms with Crippen molar-refractivity contribution in [1.29, 1.82) is 0 Å². The van der Waals surface area contributed by atoms with Gasteiger partial charge in [-0.3, -0.25) is 14.9 Å². The second-order valence-electron chi connectivity index (χ2n) is 4.79. The predicted molar refractivity (Wildman–Crippen MR) is 72.4 cm³/mol. The van der Waals surface area contributed by atoms with Gasteiger partial charge >= 0.3 is 0 Å². The van der Waals surface area contributed by atoms with Crippen molar-refractivity contribution in [2.24, 2.45) is 5.92 Å². The smallest absolute Gasteiger partial charge is 0.270 e. The summed E-state index contributed by atoms with van der Waals surface area (Å²) in [6.45, 7) is 2.11. The molecule has 5 nitrogen and oxygen atoms in total. The number of nitrogens with one attached hydrogen (secondary N) is 1. The summed E-state index contributed by atoms with van der Waals surface area (Å²) in [7, 11) is 0. The van der Waals surface area contributed by atoms with E-state index in [0.717, 1.165) is 19.3 Å². The molecule has 0 aliphatic heterocycles. The van der Waals surface area contributed by atoms with E-state index >= 15 is 0 Å². The fourth-order valence-corrected chi connectivity index (χ4v) is 2.36. The van der Waals surface area contributed by atoms with Crippen LogP contribution in [0.3, 0.4) is 0 Å². The van der Waals surface area contributed by atoms with Crippen molar-refractivity contribution in [3.63, 3.8) is 0 Å². The molecule has 1 N–H and O–H groups in total. The Balaban J connectivity index is 2.07. The molecule has 1 aromatic rings. The quantitative estimate of drug-likeness (QED) is 0.666. The number of halogens is 1. The summed E-state index contributed by atoms with van der Waals surface area (Å²) in [6.07, 6.45) is 3.16. The Morgan fingerprint density at radius 2 is 2.32 bits per heavy atom. The summed E-state index contributed by atoms with van der Waals surface area (Å²) < 4.78 is 0. The fraction of sp³-hybridized carbons (Fsp3) is 0.462. The molecule has 102 valence electrons. The van der Waals surface area contributed by atoms with Gasteiger partial charge in [0.05, 0.1) is 15.5 Å². The van der Waals surface area contributed by atoms with Crippen molar-refractivity contribution in [2.45, 2.75) is 32.2 Å². The molecule has 0 radical (unpaired) electrons. The molecule has 1 aliphatic carbocycles. The lowest BCUT2D eigenvalue weighted by molar-refractivity contribution is -0.384. The molecular formula is C13H15ClN2O3. The van der Waals surface area contributed by atoms with Gasteiger partial charge in [0, 0.05) is 18.2 Å². The third-order valence-electron chi connectivity index (χ3n) is 3.30. The Bertz CT molecular complexity index is 519. The number of hydrogen-bond donors (Lipinski definition) is 1. The summed E-state index contributed by atoms with van der Waals surface area (Å²) >= 11 is 5.91. The molecule has 19 heavy (non-hydrogen) atoms. The molecule has 0 heterocycles. The number of nitro groups is 1. The van der Waals surface area contributed by atoms with E-state index in [9.17, 15) is 14.9 Å². The molecule has 2 atom stereocenters. The SMILES string of the molecule is CCCC1CC1NC(=O)c1cc([N+](=O)[O-])ccc1Cl. The number of non-ortho nitro benzene ring substituents is 1. The largest absolute Gasteiger partial charge is 0.349 e. The maximum atomic E-state index is 12.0. The van der Waals surface area contributed by atoms with Gasteiger partial charge in [0.2, 0.25) is 0 Å². The molecule has 2 rings (SSSR count). The molecular weight excluding hydrogens is 268 g/mol. The maximum Gasteiger partial charge on any atom is 0.270 e. The third kappa shape index (κ3) is 3.23. The zero-order chi connectivity index (χ0) is 14.0. The molecule has 1 aliphatic rings. The van der Waals surface area contributed by atoms with Crippen molar-refractivity contribution < 1.29 is 9.72 Å². The van der Waals surface area contributed by atoms with Gasteiger partial charge in [0.15, 0.2) is 0 Å². The molecule has 2 unspecified atom stereocenters. The van der Waals surface area contributed by atoms with Crippen LogP contribution < -0.4 is 5.32 Å². The first kappa shape index (κ1) is 13.8. The van der Waals surface area contributed by atoms with Crippen molar-refractivity contribution >= 4 is 23.2 Å². The Morgan fingerprint density at radius 1 is 1.58 bits per heavy atom. The lowest BCUT2D eigenvalue weighted by Gasteiger charge is -2.06. The lowest BCUT2D eigenvalue weighted by atomic mass is 10.2. The minimum atomic E-state index is -0.538. The van der Waals surface area contributed by atoms with Gasteiger partial charge in [-0.1, -0.05) is 24.9 Å². The lowest BCUT2D eigenvalue weighted by Crippen LogP contribution is -2.27. The summed E-state index contributed by atoms with van der Waals surface area (Å²) in [5.74, 6) is 0.198. The first-order chi connectivity index (χ1) is 9.02. The summed E-state index contributed by atoms with van der Waals surface area (Å²) in [4.78, 5) is 22.2. The molecule has 0 spiro atoms. The monoisotopic (exact) mass is 282 g/mol. The second kappa shape index (κ2) is 5.57. The summed E-state index contributed by atoms with van der Waals surface area (Å²) in [6, 6.07) is 4.07. The molecule has 1 amide bonds. The summed E-state index contributed by atoms with van der Waals surface area (Å²) in [5, 5.41) is 13.8. The van der Waals surface area contributed by atoms with E-state index in [-0.39, 0.29) is 28.2 Å². The van der Waals surface area contributed by atoms with Gasteiger partial charge in [-0.05, 0) is 24.8 Å². The highest BCUT2D eigenvalue weighted by atomic mass is 35.5. The van der Waals surface area contributed by atoms with Crippen LogP contribution in [0.5, 0.6) is 0 Å². The zero-order valence-corrected chi connectivity index (χ0v) is 11.3. The standard InChI is InChI=1S/C13H15ClN2O3/c1-2-3-8-6-12(8)15-13(17)10-7-9(16(18)19)4-5-11(10)14/h4-5,7-8,12H,2-3,6H2,1H3,(H,15,17). The number of hydrogen-bond acceptors (Lipinski definition) is 3. The third-order valence-corrected chi connectivity index (χ3v) is 3.63. The van der Waals surface area contributed by atoms with Gasteiger partial charge in [-0.25, -0.2) is 0 Å². The Labute approximate surface area is 116 Å². The van der Waals surface area contributed by atoms with Crippen molar-refractivity contribution in [3.05, 3.63) is 38.9 Å². The fourth-order valence-electron chi connectivity index (χ4n) is 2.16. The topological polar surface area (TPSA) is 72.2 Å². The van der Waals surface area contributed by atoms with Crippen LogP contribution >= 0.6 is 11.6 Å². The van der Waals surface area contributed by atoms with Crippen molar-refractivity contribution in [2.75, 3.05) is 0 Å². The van der Waals surface area contributed by atoms with E-state index in [1.807, 2.05) is 0 Å². The molecule has 0 saturated heterocycles. The molecule has 6 heteroatoms. The predicted octanol–water partition coefficient (Wildman–Crippen LogP) is 3.17. The van der Waals surface area contributed by atoms with E-state index in [1.54, 1.807) is 0 Å². The van der Waals surface area contributed by atoms with E-state index in [1.165, 1.54) is 18.2 Å². The highest BCUT2D eigenvalue weighted by molar-refractivity contribution is 6.34. The van der Waals surface area contributed by atoms with E-state index in [0.29, 0.717) is 5.92 Å². The van der Waals surface area contributed by atoms with Crippen LogP contribution in [0.15, 0.2) is 18.2 Å². The van der Waals surface area contributed by atoms with Crippen LogP contribution in [0.1, 0.15) is 36.5 Å². The minimum absolute atomic E-state index is 0.129. The Kier molecular flexibility index (Phi) is 4.04. The highest BCUT2D eigenvalue weighted by Gasteiger charge is 2.37. The first-order valence-electron chi connectivity index (χ1n) is 6.27. The number of rotatable bonds is 5. The molecule has 1 fully saturated rings. The van der Waals surface area contributed by atoms with Gasteiger partial charge in [-0.15, -0.1) is 0 Å². The Morgan fingerprint density at radius 3 is 2.95 bits per heavy atom. The average Bonchev–Trinajstić information content (AvgIpc) is 3.07. The number of nitro benzene ring substituents is 1. The van der Waals surface area contributed by atoms with Crippen LogP contribution in [0.2, 0.25) is 5.02 Å². The van der Waals surface area contributed by atoms with Crippen molar-refractivity contribution in [1.82, 2.24) is 5.32 Å². The van der Waals surface area contributed by atoms with E-state index in [4.69, 9.17) is 11.6 Å². The molecule has 1 saturated carbocycles. The molecule has 0 bridgehead atoms. The van der Waals surface area contributed by atoms with Gasteiger partial charge in [-0.2, -0.15) is 0 Å². The number of carbonyl (C=O) groups excluding carboxylic acids is 1. The number of carbonyl (C=O) groups is 1. The maximum absolute atomic E-state index is 12.0. The minimum Gasteiger partial charge on any atom is -0.349 e. The van der Waals surface area contributed by atoms with Crippen LogP contribution in [0.25, 0.3) is 0 Å². The van der Waals surface area contributed by atoms with Gasteiger partial charge in [0.1, 0.15) is 0 Å². The molecule has 1 aromatic carbocycles. The number of amides is 1. The first-order valence-corrected chi connectivity index (χ1v) is 6.65. The Hall–Kier alpha value is -1.62. The number of benzene rings is 1. The van der Waals surface area contributed by atoms with Crippen LogP contribution in [0.4, 0.5) is 5.69 Å². The van der Waals surface area contributed by atoms with Crippen molar-refractivity contribution in [3.8, 4) is 0 Å². The zero-order valence-electron chi connectivity index (χ0n) is 10.6. The second-order valence-corrected chi connectivity index (χ2v) is 5.19. The van der Waals surface area contributed by atoms with Crippen LogP contribution in [0, 0.1) is 16.0 Å². The van der Waals surface area contributed by atoms with E-state index < -0.39 is 4.92 Å². The summed E-state index contributed by atoms with van der Waals surface area (Å²) in [5.41, 5.74) is 0.0356. The van der Waals surface area contributed by atoms with Gasteiger partial charge < -0.3 is 5.32 Å². The molecule has 0 aromatic heterocycles. The van der Waals surface area contributed by atoms with E-state index in [2.05, 4.69) is 12.2 Å².